The number of phosphoric ester groups is 2. The molecule has 17 nitrogen and oxygen atoms in total. The summed E-state index contributed by atoms with van der Waals surface area (Å²) in [5, 5.41) is 10.7. The zero-order valence-corrected chi connectivity index (χ0v) is 76.5. The Kier molecular flexibility index (Phi) is 83.6. The summed E-state index contributed by atoms with van der Waals surface area (Å²) >= 11 is 0. The summed E-state index contributed by atoms with van der Waals surface area (Å²) in [6.07, 6.45) is 80.6. The van der Waals surface area contributed by atoms with Crippen LogP contribution in [0.5, 0.6) is 0 Å². The molecular weight excluding hydrogens is 1460 g/mol. The van der Waals surface area contributed by atoms with Gasteiger partial charge in [0, 0.05) is 25.7 Å². The van der Waals surface area contributed by atoms with E-state index in [9.17, 15) is 43.2 Å². The third kappa shape index (κ3) is 86.3. The molecular formula is C94H184O17P2. The molecule has 0 saturated heterocycles. The Hall–Kier alpha value is -1.94. The Labute approximate surface area is 696 Å². The van der Waals surface area contributed by atoms with Crippen LogP contribution in [0.2, 0.25) is 0 Å². The molecule has 0 radical (unpaired) electrons. The fourth-order valence-electron chi connectivity index (χ4n) is 14.8. The van der Waals surface area contributed by atoms with Crippen molar-refractivity contribution in [2.45, 2.75) is 529 Å². The van der Waals surface area contributed by atoms with Crippen molar-refractivity contribution in [1.82, 2.24) is 0 Å². The van der Waals surface area contributed by atoms with E-state index in [1.165, 1.54) is 327 Å². The van der Waals surface area contributed by atoms with Gasteiger partial charge >= 0.3 is 39.5 Å². The summed E-state index contributed by atoms with van der Waals surface area (Å²) in [4.78, 5) is 73.5. The summed E-state index contributed by atoms with van der Waals surface area (Å²) in [5.74, 6) is -0.418. The van der Waals surface area contributed by atoms with Gasteiger partial charge in [-0.1, -0.05) is 459 Å². The smallest absolute Gasteiger partial charge is 0.462 e. The molecule has 0 saturated carbocycles. The predicted octanol–water partition coefficient (Wildman–Crippen LogP) is 29.4. The number of rotatable bonds is 93. The Morgan fingerprint density at radius 1 is 0.257 bits per heavy atom. The number of aliphatic hydroxyl groups is 1. The van der Waals surface area contributed by atoms with Gasteiger partial charge in [-0.15, -0.1) is 0 Å². The van der Waals surface area contributed by atoms with Gasteiger partial charge < -0.3 is 33.8 Å². The number of carbonyl (C=O) groups excluding carboxylic acids is 4. The van der Waals surface area contributed by atoms with Gasteiger partial charge in [-0.05, 0) is 37.5 Å². The van der Waals surface area contributed by atoms with Crippen LogP contribution in [0.1, 0.15) is 510 Å². The van der Waals surface area contributed by atoms with Gasteiger partial charge in [-0.2, -0.15) is 0 Å². The number of esters is 4. The molecule has 3 N–H and O–H groups in total. The van der Waals surface area contributed by atoms with E-state index < -0.39 is 97.5 Å². The van der Waals surface area contributed by atoms with E-state index in [1.54, 1.807) is 0 Å². The van der Waals surface area contributed by atoms with Gasteiger partial charge in [0.05, 0.1) is 26.4 Å². The van der Waals surface area contributed by atoms with Crippen molar-refractivity contribution in [3.63, 3.8) is 0 Å². The number of hydrogen-bond donors (Lipinski definition) is 3. The monoisotopic (exact) mass is 1650 g/mol. The molecule has 6 atom stereocenters. The number of unbranched alkanes of at least 4 members (excludes halogenated alkanes) is 62. The third-order valence-corrected chi connectivity index (χ3v) is 24.5. The number of carbonyl (C=O) groups is 4. The minimum atomic E-state index is -4.97. The molecule has 3 unspecified atom stereocenters. The van der Waals surface area contributed by atoms with E-state index in [1.807, 2.05) is 0 Å². The van der Waals surface area contributed by atoms with Gasteiger partial charge in [-0.3, -0.25) is 37.3 Å². The molecule has 0 aromatic heterocycles. The quantitative estimate of drug-likeness (QED) is 0.0222. The van der Waals surface area contributed by atoms with Gasteiger partial charge in [0.1, 0.15) is 19.3 Å². The first-order chi connectivity index (χ1) is 54.9. The largest absolute Gasteiger partial charge is 0.472 e. The Morgan fingerprint density at radius 2 is 0.451 bits per heavy atom. The Bertz CT molecular complexity index is 2150. The highest BCUT2D eigenvalue weighted by atomic mass is 31.2. The van der Waals surface area contributed by atoms with Crippen LogP contribution < -0.4 is 0 Å². The molecule has 0 fully saturated rings. The van der Waals surface area contributed by atoms with Crippen molar-refractivity contribution in [3.8, 4) is 0 Å². The maximum atomic E-state index is 13.2. The van der Waals surface area contributed by atoms with Crippen LogP contribution >= 0.6 is 15.6 Å². The molecule has 0 spiro atoms. The molecule has 0 aromatic rings. The lowest BCUT2D eigenvalue weighted by Crippen LogP contribution is -2.30. The predicted molar refractivity (Wildman–Crippen MR) is 469 cm³/mol. The molecule has 0 aliphatic heterocycles. The SMILES string of the molecule is CCCCCCCCCCCCCCCCCCCCCCCC(=O)OC[C@H](COP(=O)(O)OC[C@@H](O)COP(=O)(O)OC[C@@H](COC(=O)CCCCCCCCCCCCCC)OC(=O)CCCCCCCCCCCCCCCCCC(C)C)OC(=O)CCCCCCCCCCCCCCCCCCCCC(C)CC. The summed E-state index contributed by atoms with van der Waals surface area (Å²) in [6.45, 7) is 9.81. The second-order valence-electron chi connectivity index (χ2n) is 34.5. The topological polar surface area (TPSA) is 237 Å². The van der Waals surface area contributed by atoms with Crippen LogP contribution in [0.25, 0.3) is 0 Å². The second-order valence-corrected chi connectivity index (χ2v) is 37.4. The van der Waals surface area contributed by atoms with Crippen LogP contribution in [0.15, 0.2) is 0 Å². The maximum Gasteiger partial charge on any atom is 0.472 e. The van der Waals surface area contributed by atoms with E-state index >= 15 is 0 Å². The van der Waals surface area contributed by atoms with Crippen molar-refractivity contribution in [1.29, 1.82) is 0 Å². The Balaban J connectivity index is 5.24. The molecule has 0 aliphatic carbocycles. The zero-order valence-electron chi connectivity index (χ0n) is 74.7. The summed E-state index contributed by atoms with van der Waals surface area (Å²) < 4.78 is 69.2. The van der Waals surface area contributed by atoms with Crippen molar-refractivity contribution in [3.05, 3.63) is 0 Å². The van der Waals surface area contributed by atoms with Crippen LogP contribution in [-0.4, -0.2) is 96.7 Å². The van der Waals surface area contributed by atoms with Crippen molar-refractivity contribution in [2.75, 3.05) is 39.6 Å². The third-order valence-electron chi connectivity index (χ3n) is 22.6. The normalized spacial score (nSPS) is 13.9. The summed E-state index contributed by atoms with van der Waals surface area (Å²) in [6, 6.07) is 0. The van der Waals surface area contributed by atoms with E-state index in [-0.39, 0.29) is 25.7 Å². The number of hydrogen-bond acceptors (Lipinski definition) is 15. The fourth-order valence-corrected chi connectivity index (χ4v) is 16.4. The van der Waals surface area contributed by atoms with Crippen molar-refractivity contribution >= 4 is 39.5 Å². The molecule has 0 rings (SSSR count). The highest BCUT2D eigenvalue weighted by molar-refractivity contribution is 7.47. The molecule has 0 bridgehead atoms. The van der Waals surface area contributed by atoms with Crippen LogP contribution in [0.4, 0.5) is 0 Å². The fraction of sp³-hybridized carbons (Fsp3) is 0.957. The highest BCUT2D eigenvalue weighted by Crippen LogP contribution is 2.45. The average molecular weight is 1650 g/mol. The minimum Gasteiger partial charge on any atom is -0.462 e. The van der Waals surface area contributed by atoms with E-state index in [0.717, 1.165) is 102 Å². The standard InChI is InChI=1S/C94H184O17P2/c1-7-10-12-14-16-18-20-22-23-24-25-26-27-31-36-41-47-53-59-65-71-77-92(97)105-83-90(111-93(98)78-72-66-60-54-48-42-37-32-29-28-30-35-40-45-51-57-63-69-75-87(6)9-3)85-109-113(102,103)107-81-88(95)80-106-112(100,101)108-84-89(82-104-91(96)76-70-64-58-52-46-21-19-17-15-13-11-8-2)110-94(99)79-73-67-61-55-49-43-38-33-34-39-44-50-56-62-68-74-86(4)5/h86-90,95H,7-85H2,1-6H3,(H,100,101)(H,102,103)/t87?,88-,89+,90+/m0/s1. The van der Waals surface area contributed by atoms with Crippen molar-refractivity contribution in [2.24, 2.45) is 11.8 Å². The lowest BCUT2D eigenvalue weighted by Gasteiger charge is -2.21. The first-order valence-corrected chi connectivity index (χ1v) is 51.5. The van der Waals surface area contributed by atoms with Crippen LogP contribution in [0, 0.1) is 11.8 Å². The minimum absolute atomic E-state index is 0.109. The number of aliphatic hydroxyl groups excluding tert-OH is 1. The maximum absolute atomic E-state index is 13.2. The molecule has 19 heteroatoms. The average Bonchev–Trinajstić information content (AvgIpc) is 0.896. The summed E-state index contributed by atoms with van der Waals surface area (Å²) in [5.41, 5.74) is 0. The molecule has 0 aromatic carbocycles. The van der Waals surface area contributed by atoms with Gasteiger partial charge in [0.25, 0.3) is 0 Å². The first kappa shape index (κ1) is 111. The zero-order chi connectivity index (χ0) is 82.7. The second kappa shape index (κ2) is 85.1. The molecule has 0 heterocycles. The number of phosphoric acid groups is 2. The molecule has 0 aliphatic rings. The summed E-state index contributed by atoms with van der Waals surface area (Å²) in [7, 11) is -9.94. The van der Waals surface area contributed by atoms with Crippen LogP contribution in [0.3, 0.4) is 0 Å². The highest BCUT2D eigenvalue weighted by Gasteiger charge is 2.31. The van der Waals surface area contributed by atoms with E-state index in [4.69, 9.17) is 37.0 Å². The van der Waals surface area contributed by atoms with Gasteiger partial charge in [0.15, 0.2) is 12.2 Å². The molecule has 0 amide bonds. The van der Waals surface area contributed by atoms with E-state index in [0.29, 0.717) is 25.7 Å². The molecule has 672 valence electrons. The first-order valence-electron chi connectivity index (χ1n) is 48.5. The van der Waals surface area contributed by atoms with E-state index in [2.05, 4.69) is 41.5 Å². The Morgan fingerprint density at radius 3 is 0.673 bits per heavy atom. The van der Waals surface area contributed by atoms with Gasteiger partial charge in [-0.25, -0.2) is 9.13 Å². The lowest BCUT2D eigenvalue weighted by atomic mass is 9.99. The lowest BCUT2D eigenvalue weighted by molar-refractivity contribution is -0.161. The van der Waals surface area contributed by atoms with Crippen molar-refractivity contribution < 1.29 is 80.2 Å². The van der Waals surface area contributed by atoms with Crippen LogP contribution in [-0.2, 0) is 65.4 Å². The number of ether oxygens (including phenoxy) is 4. The molecule has 113 heavy (non-hydrogen) atoms. The van der Waals surface area contributed by atoms with Gasteiger partial charge in [0.2, 0.25) is 0 Å².